The van der Waals surface area contributed by atoms with Crippen molar-refractivity contribution in [2.24, 2.45) is 5.73 Å². The van der Waals surface area contributed by atoms with Crippen LogP contribution in [-0.4, -0.2) is 4.98 Å². The number of nitrogens with two attached hydrogens (primary N) is 1. The summed E-state index contributed by atoms with van der Waals surface area (Å²) < 4.78 is 0. The second-order valence-electron chi connectivity index (χ2n) is 2.93. The van der Waals surface area contributed by atoms with Crippen LogP contribution in [0.25, 0.3) is 10.6 Å². The van der Waals surface area contributed by atoms with Crippen molar-refractivity contribution in [3.63, 3.8) is 0 Å². The summed E-state index contributed by atoms with van der Waals surface area (Å²) in [6, 6.07) is 5.41. The summed E-state index contributed by atoms with van der Waals surface area (Å²) in [6.45, 7) is 0.486. The standard InChI is InChI=1S/C10H8Cl2N2S/c11-7-2-1-3-8(12)9(7)10-14-5-6(4-13)15-10/h1-3,5H,4,13H2. The molecule has 1 heterocycles. The number of nitrogens with zero attached hydrogens (tertiary/aromatic N) is 1. The van der Waals surface area contributed by atoms with Gasteiger partial charge < -0.3 is 5.73 Å². The Morgan fingerprint density at radius 3 is 2.47 bits per heavy atom. The molecule has 0 saturated heterocycles. The number of thiazole rings is 1. The predicted molar refractivity (Wildman–Crippen MR) is 65.5 cm³/mol. The molecule has 0 bridgehead atoms. The maximum absolute atomic E-state index is 6.07. The molecule has 5 heteroatoms. The van der Waals surface area contributed by atoms with E-state index in [0.29, 0.717) is 16.6 Å². The molecule has 2 N–H and O–H groups in total. The Bertz CT molecular complexity index is 462. The molecular formula is C10H8Cl2N2S. The van der Waals surface area contributed by atoms with Crippen molar-refractivity contribution in [2.45, 2.75) is 6.54 Å². The van der Waals surface area contributed by atoms with E-state index in [0.717, 1.165) is 15.4 Å². The fraction of sp³-hybridized carbons (Fsp3) is 0.100. The minimum atomic E-state index is 0.486. The number of hydrogen-bond donors (Lipinski definition) is 1. The Labute approximate surface area is 102 Å². The van der Waals surface area contributed by atoms with Crippen molar-refractivity contribution in [3.8, 4) is 10.6 Å². The first kappa shape index (κ1) is 10.9. The van der Waals surface area contributed by atoms with Gasteiger partial charge in [-0.1, -0.05) is 29.3 Å². The Balaban J connectivity index is 2.53. The van der Waals surface area contributed by atoms with Gasteiger partial charge in [0.05, 0.1) is 10.0 Å². The third kappa shape index (κ3) is 2.16. The Morgan fingerprint density at radius 1 is 1.27 bits per heavy atom. The van der Waals surface area contributed by atoms with Crippen LogP contribution in [0.5, 0.6) is 0 Å². The van der Waals surface area contributed by atoms with Gasteiger partial charge in [-0.3, -0.25) is 0 Å². The molecular weight excluding hydrogens is 251 g/mol. The van der Waals surface area contributed by atoms with Crippen LogP contribution < -0.4 is 5.73 Å². The molecule has 0 aliphatic heterocycles. The van der Waals surface area contributed by atoms with Crippen molar-refractivity contribution in [1.29, 1.82) is 0 Å². The lowest BCUT2D eigenvalue weighted by molar-refractivity contribution is 1.10. The smallest absolute Gasteiger partial charge is 0.126 e. The highest BCUT2D eigenvalue weighted by atomic mass is 35.5. The van der Waals surface area contributed by atoms with E-state index in [1.54, 1.807) is 18.3 Å². The van der Waals surface area contributed by atoms with E-state index in [9.17, 15) is 0 Å². The number of halogens is 2. The Morgan fingerprint density at radius 2 is 1.93 bits per heavy atom. The van der Waals surface area contributed by atoms with Gasteiger partial charge in [0.2, 0.25) is 0 Å². The largest absolute Gasteiger partial charge is 0.326 e. The summed E-state index contributed by atoms with van der Waals surface area (Å²) in [5, 5.41) is 2.03. The van der Waals surface area contributed by atoms with E-state index >= 15 is 0 Å². The molecule has 1 aromatic heterocycles. The highest BCUT2D eigenvalue weighted by molar-refractivity contribution is 7.15. The van der Waals surface area contributed by atoms with E-state index < -0.39 is 0 Å². The van der Waals surface area contributed by atoms with Crippen LogP contribution in [0, 0.1) is 0 Å². The van der Waals surface area contributed by atoms with Gasteiger partial charge in [0.15, 0.2) is 0 Å². The van der Waals surface area contributed by atoms with Crippen LogP contribution in [0.4, 0.5) is 0 Å². The molecule has 0 fully saturated rings. The third-order valence-electron chi connectivity index (χ3n) is 1.93. The Hall–Kier alpha value is -0.610. The van der Waals surface area contributed by atoms with Crippen molar-refractivity contribution < 1.29 is 0 Å². The van der Waals surface area contributed by atoms with E-state index in [4.69, 9.17) is 28.9 Å². The van der Waals surface area contributed by atoms with Gasteiger partial charge in [-0.25, -0.2) is 4.98 Å². The maximum atomic E-state index is 6.07. The molecule has 0 aliphatic carbocycles. The van der Waals surface area contributed by atoms with Crippen molar-refractivity contribution >= 4 is 34.5 Å². The monoisotopic (exact) mass is 258 g/mol. The first-order chi connectivity index (χ1) is 7.22. The number of hydrogen-bond acceptors (Lipinski definition) is 3. The zero-order valence-electron chi connectivity index (χ0n) is 7.71. The van der Waals surface area contributed by atoms with Gasteiger partial charge in [-0.05, 0) is 12.1 Å². The minimum Gasteiger partial charge on any atom is -0.326 e. The molecule has 2 aromatic rings. The van der Waals surface area contributed by atoms with Crippen LogP contribution in [0.1, 0.15) is 4.88 Å². The van der Waals surface area contributed by atoms with Gasteiger partial charge in [-0.2, -0.15) is 0 Å². The molecule has 0 aliphatic rings. The van der Waals surface area contributed by atoms with Gasteiger partial charge in [0.25, 0.3) is 0 Å². The zero-order chi connectivity index (χ0) is 10.8. The van der Waals surface area contributed by atoms with Crippen LogP contribution in [-0.2, 0) is 6.54 Å². The SMILES string of the molecule is NCc1cnc(-c2c(Cl)cccc2Cl)s1. The third-order valence-corrected chi connectivity index (χ3v) is 3.60. The van der Waals surface area contributed by atoms with Crippen molar-refractivity contribution in [1.82, 2.24) is 4.98 Å². The topological polar surface area (TPSA) is 38.9 Å². The van der Waals surface area contributed by atoms with E-state index in [-0.39, 0.29) is 0 Å². The van der Waals surface area contributed by atoms with E-state index in [1.807, 2.05) is 6.07 Å². The maximum Gasteiger partial charge on any atom is 0.126 e. The quantitative estimate of drug-likeness (QED) is 0.895. The minimum absolute atomic E-state index is 0.486. The van der Waals surface area contributed by atoms with Gasteiger partial charge in [0.1, 0.15) is 5.01 Å². The molecule has 0 amide bonds. The normalized spacial score (nSPS) is 10.6. The number of benzene rings is 1. The van der Waals surface area contributed by atoms with Crippen LogP contribution in [0.15, 0.2) is 24.4 Å². The van der Waals surface area contributed by atoms with Crippen LogP contribution in [0.2, 0.25) is 10.0 Å². The van der Waals surface area contributed by atoms with Crippen LogP contribution >= 0.6 is 34.5 Å². The van der Waals surface area contributed by atoms with Crippen molar-refractivity contribution in [3.05, 3.63) is 39.3 Å². The first-order valence-corrected chi connectivity index (χ1v) is 5.88. The van der Waals surface area contributed by atoms with E-state index in [2.05, 4.69) is 4.98 Å². The fourth-order valence-electron chi connectivity index (χ4n) is 1.22. The lowest BCUT2D eigenvalue weighted by atomic mass is 10.2. The van der Waals surface area contributed by atoms with Crippen LogP contribution in [0.3, 0.4) is 0 Å². The summed E-state index contributed by atoms with van der Waals surface area (Å²) in [5.41, 5.74) is 6.30. The second-order valence-corrected chi connectivity index (χ2v) is 4.86. The summed E-state index contributed by atoms with van der Waals surface area (Å²) >= 11 is 13.6. The average molecular weight is 259 g/mol. The Kier molecular flexibility index (Phi) is 3.26. The molecule has 78 valence electrons. The molecule has 15 heavy (non-hydrogen) atoms. The summed E-state index contributed by atoms with van der Waals surface area (Å²) in [5.74, 6) is 0. The lowest BCUT2D eigenvalue weighted by Gasteiger charge is -2.02. The highest BCUT2D eigenvalue weighted by Gasteiger charge is 2.11. The fourth-order valence-corrected chi connectivity index (χ4v) is 2.77. The summed E-state index contributed by atoms with van der Waals surface area (Å²) in [4.78, 5) is 5.26. The molecule has 1 aromatic carbocycles. The van der Waals surface area contributed by atoms with E-state index in [1.165, 1.54) is 11.3 Å². The molecule has 0 saturated carbocycles. The first-order valence-electron chi connectivity index (χ1n) is 4.31. The lowest BCUT2D eigenvalue weighted by Crippen LogP contribution is -1.91. The molecule has 0 unspecified atom stereocenters. The molecule has 0 atom stereocenters. The summed E-state index contributed by atoms with van der Waals surface area (Å²) in [7, 11) is 0. The highest BCUT2D eigenvalue weighted by Crippen LogP contribution is 2.36. The van der Waals surface area contributed by atoms with Gasteiger partial charge in [0, 0.05) is 23.2 Å². The number of rotatable bonds is 2. The molecule has 2 rings (SSSR count). The number of aromatic nitrogens is 1. The summed E-state index contributed by atoms with van der Waals surface area (Å²) in [6.07, 6.45) is 1.75. The molecule has 2 nitrogen and oxygen atoms in total. The van der Waals surface area contributed by atoms with Crippen molar-refractivity contribution in [2.75, 3.05) is 0 Å². The second kappa shape index (κ2) is 4.49. The zero-order valence-corrected chi connectivity index (χ0v) is 10.0. The predicted octanol–water partition coefficient (Wildman–Crippen LogP) is 3.58. The molecule has 0 radical (unpaired) electrons. The van der Waals surface area contributed by atoms with Gasteiger partial charge >= 0.3 is 0 Å². The molecule has 0 spiro atoms. The van der Waals surface area contributed by atoms with Gasteiger partial charge in [-0.15, -0.1) is 11.3 Å². The average Bonchev–Trinajstić information content (AvgIpc) is 2.66.